The fourth-order valence-electron chi connectivity index (χ4n) is 1.01. The highest BCUT2D eigenvalue weighted by molar-refractivity contribution is 5.85. The molecule has 0 bridgehead atoms. The van der Waals surface area contributed by atoms with E-state index in [2.05, 4.69) is 11.6 Å². The Bertz CT molecular complexity index is 265. The zero-order chi connectivity index (χ0) is 10.1. The van der Waals surface area contributed by atoms with Gasteiger partial charge < -0.3 is 0 Å². The SMILES string of the molecule is C=C/C=C(\C=C/C)C(/C=NC)=C/C. The molecular formula is C12H17N. The molecule has 0 aromatic rings. The molecule has 0 N–H and O–H groups in total. The summed E-state index contributed by atoms with van der Waals surface area (Å²) in [6, 6.07) is 0. The molecular weight excluding hydrogens is 158 g/mol. The minimum absolute atomic E-state index is 1.11. The van der Waals surface area contributed by atoms with E-state index < -0.39 is 0 Å². The molecule has 0 unspecified atom stereocenters. The summed E-state index contributed by atoms with van der Waals surface area (Å²) in [4.78, 5) is 3.99. The number of aliphatic imine (C=N–C) groups is 1. The van der Waals surface area contributed by atoms with Crippen molar-refractivity contribution in [3.05, 3.63) is 48.1 Å². The van der Waals surface area contributed by atoms with Gasteiger partial charge in [0.2, 0.25) is 0 Å². The Labute approximate surface area is 80.9 Å². The normalized spacial score (nSPS) is 14.4. The van der Waals surface area contributed by atoms with E-state index in [9.17, 15) is 0 Å². The Morgan fingerprint density at radius 1 is 1.23 bits per heavy atom. The molecule has 0 saturated carbocycles. The van der Waals surface area contributed by atoms with E-state index >= 15 is 0 Å². The second kappa shape index (κ2) is 7.29. The first-order valence-corrected chi connectivity index (χ1v) is 4.34. The summed E-state index contributed by atoms with van der Waals surface area (Å²) in [5.41, 5.74) is 2.24. The summed E-state index contributed by atoms with van der Waals surface area (Å²) in [5, 5.41) is 0. The second-order valence-corrected chi connectivity index (χ2v) is 2.49. The second-order valence-electron chi connectivity index (χ2n) is 2.49. The van der Waals surface area contributed by atoms with Gasteiger partial charge in [0.25, 0.3) is 0 Å². The smallest absolute Gasteiger partial charge is 0.0284 e. The van der Waals surface area contributed by atoms with Gasteiger partial charge in [-0.15, -0.1) is 0 Å². The van der Waals surface area contributed by atoms with Crippen LogP contribution in [0.2, 0.25) is 0 Å². The number of rotatable bonds is 4. The number of hydrogen-bond donors (Lipinski definition) is 0. The van der Waals surface area contributed by atoms with Gasteiger partial charge in [0, 0.05) is 13.3 Å². The van der Waals surface area contributed by atoms with Gasteiger partial charge in [-0.3, -0.25) is 4.99 Å². The molecule has 0 saturated heterocycles. The van der Waals surface area contributed by atoms with Gasteiger partial charge in [-0.25, -0.2) is 0 Å². The summed E-state index contributed by atoms with van der Waals surface area (Å²) < 4.78 is 0. The lowest BCUT2D eigenvalue weighted by atomic mass is 10.1. The molecule has 0 amide bonds. The minimum Gasteiger partial charge on any atom is -0.296 e. The third-order valence-corrected chi connectivity index (χ3v) is 1.56. The maximum atomic E-state index is 3.99. The molecule has 1 nitrogen and oxygen atoms in total. The van der Waals surface area contributed by atoms with Crippen molar-refractivity contribution in [3.63, 3.8) is 0 Å². The average Bonchev–Trinajstić information content (AvgIpc) is 2.14. The van der Waals surface area contributed by atoms with Crippen LogP contribution < -0.4 is 0 Å². The third-order valence-electron chi connectivity index (χ3n) is 1.56. The zero-order valence-electron chi connectivity index (χ0n) is 8.62. The predicted molar refractivity (Wildman–Crippen MR) is 61.3 cm³/mol. The molecule has 70 valence electrons. The van der Waals surface area contributed by atoms with Gasteiger partial charge in [0.1, 0.15) is 0 Å². The highest BCUT2D eigenvalue weighted by Gasteiger charge is 1.94. The van der Waals surface area contributed by atoms with Crippen LogP contribution >= 0.6 is 0 Å². The van der Waals surface area contributed by atoms with Crippen LogP contribution in [0.25, 0.3) is 0 Å². The van der Waals surface area contributed by atoms with Gasteiger partial charge in [0.15, 0.2) is 0 Å². The van der Waals surface area contributed by atoms with E-state index in [-0.39, 0.29) is 0 Å². The van der Waals surface area contributed by atoms with E-state index in [1.54, 1.807) is 13.1 Å². The zero-order valence-corrected chi connectivity index (χ0v) is 8.62. The third kappa shape index (κ3) is 4.26. The lowest BCUT2D eigenvalue weighted by Gasteiger charge is -2.00. The number of nitrogens with zero attached hydrogens (tertiary/aromatic N) is 1. The largest absolute Gasteiger partial charge is 0.296 e. The first-order chi connectivity index (χ1) is 6.29. The molecule has 0 aliphatic carbocycles. The quantitative estimate of drug-likeness (QED) is 0.459. The average molecular weight is 175 g/mol. The minimum atomic E-state index is 1.11. The predicted octanol–water partition coefficient (Wildman–Crippen LogP) is 3.32. The Morgan fingerprint density at radius 3 is 2.31 bits per heavy atom. The molecule has 0 aliphatic rings. The Hall–Kier alpha value is -1.37. The number of hydrogen-bond acceptors (Lipinski definition) is 1. The molecule has 0 atom stereocenters. The maximum Gasteiger partial charge on any atom is 0.0284 e. The van der Waals surface area contributed by atoms with Crippen molar-refractivity contribution in [1.82, 2.24) is 0 Å². The molecule has 0 fully saturated rings. The van der Waals surface area contributed by atoms with E-state index in [1.165, 1.54) is 0 Å². The maximum absolute atomic E-state index is 3.99. The van der Waals surface area contributed by atoms with Crippen LogP contribution in [0.15, 0.2) is 53.1 Å². The number of allylic oxidation sites excluding steroid dienone is 7. The molecule has 1 heteroatoms. The summed E-state index contributed by atoms with van der Waals surface area (Å²) in [6.45, 7) is 7.67. The van der Waals surface area contributed by atoms with Gasteiger partial charge in [-0.05, 0) is 25.0 Å². The van der Waals surface area contributed by atoms with Crippen molar-refractivity contribution in [1.29, 1.82) is 0 Å². The van der Waals surface area contributed by atoms with Crippen molar-refractivity contribution in [3.8, 4) is 0 Å². The van der Waals surface area contributed by atoms with Crippen LogP contribution in [0.1, 0.15) is 13.8 Å². The monoisotopic (exact) mass is 175 g/mol. The van der Waals surface area contributed by atoms with Crippen molar-refractivity contribution in [2.75, 3.05) is 7.05 Å². The highest BCUT2D eigenvalue weighted by Crippen LogP contribution is 2.09. The fourth-order valence-corrected chi connectivity index (χ4v) is 1.01. The Morgan fingerprint density at radius 2 is 1.92 bits per heavy atom. The fraction of sp³-hybridized carbons (Fsp3) is 0.250. The van der Waals surface area contributed by atoms with Gasteiger partial charge in [0.05, 0.1) is 0 Å². The van der Waals surface area contributed by atoms with E-state index in [0.29, 0.717) is 0 Å². The first-order valence-electron chi connectivity index (χ1n) is 4.34. The highest BCUT2D eigenvalue weighted by atomic mass is 14.6. The van der Waals surface area contributed by atoms with Gasteiger partial charge >= 0.3 is 0 Å². The lowest BCUT2D eigenvalue weighted by Crippen LogP contribution is -1.87. The Kier molecular flexibility index (Phi) is 6.52. The summed E-state index contributed by atoms with van der Waals surface area (Å²) >= 11 is 0. The van der Waals surface area contributed by atoms with Gasteiger partial charge in [-0.1, -0.05) is 37.0 Å². The molecule has 0 aromatic carbocycles. The van der Waals surface area contributed by atoms with Crippen molar-refractivity contribution in [2.24, 2.45) is 4.99 Å². The van der Waals surface area contributed by atoms with Crippen molar-refractivity contribution >= 4 is 6.21 Å². The molecule has 13 heavy (non-hydrogen) atoms. The Balaban J connectivity index is 4.92. The van der Waals surface area contributed by atoms with Crippen molar-refractivity contribution < 1.29 is 0 Å². The molecule has 0 radical (unpaired) electrons. The van der Waals surface area contributed by atoms with E-state index in [1.807, 2.05) is 44.4 Å². The van der Waals surface area contributed by atoms with Crippen LogP contribution in [0.3, 0.4) is 0 Å². The summed E-state index contributed by atoms with van der Waals surface area (Å²) in [6.07, 6.45) is 11.7. The van der Waals surface area contributed by atoms with Crippen LogP contribution in [0, 0.1) is 0 Å². The summed E-state index contributed by atoms with van der Waals surface area (Å²) in [7, 11) is 1.77. The molecule has 0 rings (SSSR count). The molecule has 0 spiro atoms. The topological polar surface area (TPSA) is 12.4 Å². The van der Waals surface area contributed by atoms with Crippen LogP contribution in [-0.4, -0.2) is 13.3 Å². The first kappa shape index (κ1) is 11.6. The molecule has 0 aromatic heterocycles. The molecule has 0 aliphatic heterocycles. The van der Waals surface area contributed by atoms with Crippen LogP contribution in [-0.2, 0) is 0 Å². The summed E-state index contributed by atoms with van der Waals surface area (Å²) in [5.74, 6) is 0. The van der Waals surface area contributed by atoms with Crippen LogP contribution in [0.5, 0.6) is 0 Å². The van der Waals surface area contributed by atoms with Gasteiger partial charge in [-0.2, -0.15) is 0 Å². The molecule has 0 heterocycles. The van der Waals surface area contributed by atoms with E-state index in [0.717, 1.165) is 11.1 Å². The van der Waals surface area contributed by atoms with Crippen molar-refractivity contribution in [2.45, 2.75) is 13.8 Å². The lowest BCUT2D eigenvalue weighted by molar-refractivity contribution is 1.44. The van der Waals surface area contributed by atoms with Crippen LogP contribution in [0.4, 0.5) is 0 Å². The standard InChI is InChI=1S/C12H17N/c1-5-8-12(9-6-2)11(7-3)10-13-4/h5-10H,1H2,2-4H3/b9-6-,11-7+,12-8+,13-10?. The van der Waals surface area contributed by atoms with E-state index in [4.69, 9.17) is 0 Å².